The van der Waals surface area contributed by atoms with E-state index in [1.807, 2.05) is 0 Å². The van der Waals surface area contributed by atoms with Crippen molar-refractivity contribution in [3.63, 3.8) is 0 Å². The van der Waals surface area contributed by atoms with Crippen LogP contribution in [0.25, 0.3) is 33.3 Å². The summed E-state index contributed by atoms with van der Waals surface area (Å²) in [5.74, 6) is -2.61. The second-order valence-electron chi connectivity index (χ2n) is 8.21. The number of rotatable bonds is 4. The molecule has 184 valence electrons. The third-order valence-electron chi connectivity index (χ3n) is 5.88. The Kier molecular flexibility index (Phi) is 6.19. The molecule has 0 saturated carbocycles. The average Bonchev–Trinajstić information content (AvgIpc) is 3.27. The summed E-state index contributed by atoms with van der Waals surface area (Å²) in [6.07, 6.45) is -2.07. The number of H-pyrrole nitrogens is 1. The number of pyridine rings is 1. The van der Waals surface area contributed by atoms with Gasteiger partial charge in [0, 0.05) is 53.1 Å². The molecule has 2 aromatic heterocycles. The summed E-state index contributed by atoms with van der Waals surface area (Å²) in [5, 5.41) is 0.335. The Hall–Kier alpha value is -4.18. The van der Waals surface area contributed by atoms with Crippen LogP contribution in [-0.4, -0.2) is 59.2 Å². The molecule has 5 rings (SSSR count). The van der Waals surface area contributed by atoms with Crippen molar-refractivity contribution in [2.45, 2.75) is 6.18 Å². The molecule has 1 fully saturated rings. The molecule has 7 nitrogen and oxygen atoms in total. The molecule has 4 aromatic rings. The van der Waals surface area contributed by atoms with E-state index in [9.17, 15) is 22.8 Å². The van der Waals surface area contributed by atoms with Crippen molar-refractivity contribution in [1.29, 1.82) is 0 Å². The maximum absolute atomic E-state index is 12.9. The highest BCUT2D eigenvalue weighted by molar-refractivity contribution is 5.97. The Balaban J connectivity index is 1.47. The standard InChI is InChI=1S/C26H20F3N3O4/c27-26(28,29)25(34)36-23-20-3-1-2-4-21(20)31-22(23)19-13-18(14-30-15-19)16-5-7-17(8-6-16)24(33)32-9-11-35-12-10-32/h1-8,13-15,31H,9-12H2. The molecule has 3 heterocycles. The molecule has 1 saturated heterocycles. The molecule has 0 radical (unpaired) electrons. The lowest BCUT2D eigenvalue weighted by molar-refractivity contribution is -0.189. The molecule has 1 N–H and O–H groups in total. The van der Waals surface area contributed by atoms with E-state index in [2.05, 4.69) is 9.97 Å². The first-order valence-corrected chi connectivity index (χ1v) is 11.1. The quantitative estimate of drug-likeness (QED) is 0.410. The second-order valence-corrected chi connectivity index (χ2v) is 8.21. The maximum Gasteiger partial charge on any atom is 0.491 e. The Morgan fingerprint density at radius 1 is 0.944 bits per heavy atom. The molecule has 0 unspecified atom stereocenters. The number of fused-ring (bicyclic) bond motifs is 1. The fourth-order valence-corrected chi connectivity index (χ4v) is 4.06. The zero-order chi connectivity index (χ0) is 25.3. The van der Waals surface area contributed by atoms with Crippen molar-refractivity contribution in [3.05, 3.63) is 72.6 Å². The summed E-state index contributed by atoms with van der Waals surface area (Å²) in [6.45, 7) is 2.10. The normalized spacial score (nSPS) is 14.1. The molecular weight excluding hydrogens is 475 g/mol. The van der Waals surface area contributed by atoms with E-state index < -0.39 is 12.1 Å². The number of para-hydroxylation sites is 1. The van der Waals surface area contributed by atoms with E-state index in [1.54, 1.807) is 65.7 Å². The van der Waals surface area contributed by atoms with Crippen LogP contribution >= 0.6 is 0 Å². The van der Waals surface area contributed by atoms with E-state index in [0.29, 0.717) is 53.9 Å². The van der Waals surface area contributed by atoms with Crippen LogP contribution in [0.4, 0.5) is 13.2 Å². The highest BCUT2D eigenvalue weighted by Gasteiger charge is 2.42. The number of carbonyl (C=O) groups excluding carboxylic acids is 2. The molecule has 0 spiro atoms. The molecule has 0 bridgehead atoms. The number of hydrogen-bond acceptors (Lipinski definition) is 5. The van der Waals surface area contributed by atoms with Crippen LogP contribution in [0.2, 0.25) is 0 Å². The molecule has 0 atom stereocenters. The zero-order valence-electron chi connectivity index (χ0n) is 18.8. The fourth-order valence-electron chi connectivity index (χ4n) is 4.06. The lowest BCUT2D eigenvalue weighted by atomic mass is 10.0. The lowest BCUT2D eigenvalue weighted by Gasteiger charge is -2.26. The van der Waals surface area contributed by atoms with Gasteiger partial charge in [0.05, 0.1) is 18.9 Å². The van der Waals surface area contributed by atoms with E-state index in [0.717, 1.165) is 5.56 Å². The smallest absolute Gasteiger partial charge is 0.417 e. The number of amides is 1. The van der Waals surface area contributed by atoms with Crippen molar-refractivity contribution in [2.75, 3.05) is 26.3 Å². The largest absolute Gasteiger partial charge is 0.491 e. The summed E-state index contributed by atoms with van der Waals surface area (Å²) < 4.78 is 48.9. The van der Waals surface area contributed by atoms with Gasteiger partial charge in [0.15, 0.2) is 5.75 Å². The monoisotopic (exact) mass is 495 g/mol. The first-order valence-electron chi connectivity index (χ1n) is 11.1. The van der Waals surface area contributed by atoms with E-state index >= 15 is 0 Å². The van der Waals surface area contributed by atoms with Gasteiger partial charge >= 0.3 is 12.1 Å². The number of benzene rings is 2. The van der Waals surface area contributed by atoms with Gasteiger partial charge in [-0.05, 0) is 35.9 Å². The summed E-state index contributed by atoms with van der Waals surface area (Å²) >= 11 is 0. The summed E-state index contributed by atoms with van der Waals surface area (Å²) in [5.41, 5.74) is 3.11. The van der Waals surface area contributed by atoms with Crippen molar-refractivity contribution in [3.8, 4) is 28.1 Å². The number of aromatic nitrogens is 2. The Morgan fingerprint density at radius 2 is 1.64 bits per heavy atom. The van der Waals surface area contributed by atoms with Gasteiger partial charge in [-0.3, -0.25) is 9.78 Å². The second kappa shape index (κ2) is 9.46. The topological polar surface area (TPSA) is 84.5 Å². The Morgan fingerprint density at radius 3 is 2.36 bits per heavy atom. The highest BCUT2D eigenvalue weighted by Crippen LogP contribution is 2.39. The van der Waals surface area contributed by atoms with Crippen molar-refractivity contribution in [1.82, 2.24) is 14.9 Å². The SMILES string of the molecule is O=C(c1ccc(-c2cncc(-c3[nH]c4ccccc4c3OC(=O)C(F)(F)F)c2)cc1)N1CCOCC1. The van der Waals surface area contributed by atoms with Crippen LogP contribution < -0.4 is 4.74 Å². The van der Waals surface area contributed by atoms with Crippen molar-refractivity contribution in [2.24, 2.45) is 0 Å². The Bertz CT molecular complexity index is 1420. The maximum atomic E-state index is 12.9. The zero-order valence-corrected chi connectivity index (χ0v) is 18.8. The summed E-state index contributed by atoms with van der Waals surface area (Å²) in [4.78, 5) is 33.3. The fraction of sp³-hybridized carbons (Fsp3) is 0.192. The number of esters is 1. The number of alkyl halides is 3. The Labute approximate surface area is 203 Å². The predicted molar refractivity (Wildman–Crippen MR) is 125 cm³/mol. The average molecular weight is 495 g/mol. The molecule has 2 aromatic carbocycles. The predicted octanol–water partition coefficient (Wildman–Crippen LogP) is 4.84. The van der Waals surface area contributed by atoms with Gasteiger partial charge in [-0.1, -0.05) is 24.3 Å². The number of aromatic amines is 1. The highest BCUT2D eigenvalue weighted by atomic mass is 19.4. The number of nitrogens with one attached hydrogen (secondary N) is 1. The third kappa shape index (κ3) is 4.67. The van der Waals surface area contributed by atoms with Gasteiger partial charge in [-0.2, -0.15) is 13.2 Å². The van der Waals surface area contributed by atoms with Crippen LogP contribution in [0, 0.1) is 0 Å². The van der Waals surface area contributed by atoms with Crippen LogP contribution in [0.5, 0.6) is 5.75 Å². The molecule has 0 aliphatic carbocycles. The number of hydrogen-bond donors (Lipinski definition) is 1. The number of ether oxygens (including phenoxy) is 2. The van der Waals surface area contributed by atoms with E-state index in [-0.39, 0.29) is 17.4 Å². The molecule has 10 heteroatoms. The first kappa shape index (κ1) is 23.6. The lowest BCUT2D eigenvalue weighted by Crippen LogP contribution is -2.40. The number of morpholine rings is 1. The summed E-state index contributed by atoms with van der Waals surface area (Å²) in [7, 11) is 0. The minimum Gasteiger partial charge on any atom is -0.417 e. The van der Waals surface area contributed by atoms with Gasteiger partial charge < -0.3 is 19.4 Å². The van der Waals surface area contributed by atoms with Crippen LogP contribution in [0.15, 0.2) is 67.0 Å². The molecule has 1 aliphatic heterocycles. The molecular formula is C26H20F3N3O4. The first-order chi connectivity index (χ1) is 17.3. The van der Waals surface area contributed by atoms with Crippen LogP contribution in [0.1, 0.15) is 10.4 Å². The van der Waals surface area contributed by atoms with E-state index in [4.69, 9.17) is 9.47 Å². The van der Waals surface area contributed by atoms with Gasteiger partial charge in [0.1, 0.15) is 0 Å². The molecule has 36 heavy (non-hydrogen) atoms. The van der Waals surface area contributed by atoms with Gasteiger partial charge in [-0.25, -0.2) is 4.79 Å². The number of carbonyl (C=O) groups is 2. The van der Waals surface area contributed by atoms with Gasteiger partial charge in [0.2, 0.25) is 0 Å². The van der Waals surface area contributed by atoms with Crippen molar-refractivity contribution < 1.29 is 32.2 Å². The number of nitrogens with zero attached hydrogens (tertiary/aromatic N) is 2. The number of halogens is 3. The van der Waals surface area contributed by atoms with Crippen molar-refractivity contribution >= 4 is 22.8 Å². The molecule has 1 amide bonds. The summed E-state index contributed by atoms with van der Waals surface area (Å²) in [6, 6.07) is 15.3. The van der Waals surface area contributed by atoms with Gasteiger partial charge in [-0.15, -0.1) is 0 Å². The minimum atomic E-state index is -5.14. The van der Waals surface area contributed by atoms with E-state index in [1.165, 1.54) is 6.20 Å². The molecule has 1 aliphatic rings. The van der Waals surface area contributed by atoms with Crippen LogP contribution in [0.3, 0.4) is 0 Å². The van der Waals surface area contributed by atoms with Crippen LogP contribution in [-0.2, 0) is 9.53 Å². The third-order valence-corrected chi connectivity index (χ3v) is 5.88. The minimum absolute atomic E-state index is 0.0778. The van der Waals surface area contributed by atoms with Gasteiger partial charge in [0.25, 0.3) is 5.91 Å².